The molecule has 4 heterocycles. The van der Waals surface area contributed by atoms with Crippen LogP contribution in [0.25, 0.3) is 81.8 Å². The van der Waals surface area contributed by atoms with Crippen LogP contribution in [0.4, 0.5) is 0 Å². The van der Waals surface area contributed by atoms with Gasteiger partial charge in [0.2, 0.25) is 0 Å². The van der Waals surface area contributed by atoms with Crippen LogP contribution in [0.15, 0.2) is 190 Å². The number of fused-ring (bicyclic) bond motifs is 9. The van der Waals surface area contributed by atoms with E-state index in [4.69, 9.17) is 19.4 Å². The summed E-state index contributed by atoms with van der Waals surface area (Å²) >= 11 is 3.78. The van der Waals surface area contributed by atoms with E-state index in [2.05, 4.69) is 115 Å². The molecule has 0 radical (unpaired) electrons. The summed E-state index contributed by atoms with van der Waals surface area (Å²) in [6, 6.07) is 57.7. The Hall–Kier alpha value is -6.60. The fourth-order valence-corrected chi connectivity index (χ4v) is 11.2. The molecule has 4 nitrogen and oxygen atoms in total. The van der Waals surface area contributed by atoms with Crippen molar-refractivity contribution in [3.63, 3.8) is 0 Å². The molecular weight excluding hydrogens is 735 g/mol. The molecule has 7 aromatic carbocycles. The van der Waals surface area contributed by atoms with Gasteiger partial charge in [-0.2, -0.15) is 0 Å². The summed E-state index contributed by atoms with van der Waals surface area (Å²) in [6.45, 7) is 0. The largest absolute Gasteiger partial charge is 0.455 e. The highest BCUT2D eigenvalue weighted by Crippen LogP contribution is 2.58. The van der Waals surface area contributed by atoms with Gasteiger partial charge in [0.1, 0.15) is 11.2 Å². The number of aromatic nitrogens is 3. The molecule has 10 aromatic rings. The number of thioether (sulfide) groups is 1. The first-order valence-electron chi connectivity index (χ1n) is 19.2. The highest BCUT2D eigenvalue weighted by Gasteiger charge is 2.37. The quantitative estimate of drug-likeness (QED) is 0.175. The fraction of sp³-hybridized carbons (Fsp3) is 0.0392. The third-order valence-electron chi connectivity index (χ3n) is 11.4. The molecular formula is C51H31N3OS2. The minimum absolute atomic E-state index is 0.110. The molecule has 0 saturated heterocycles. The Balaban J connectivity index is 1.02. The molecule has 0 fully saturated rings. The van der Waals surface area contributed by atoms with Crippen LogP contribution in [0.5, 0.6) is 0 Å². The van der Waals surface area contributed by atoms with E-state index in [1.165, 1.54) is 52.2 Å². The average Bonchev–Trinajstić information content (AvgIpc) is 3.97. The van der Waals surface area contributed by atoms with Crippen LogP contribution in [0.1, 0.15) is 28.5 Å². The predicted octanol–water partition coefficient (Wildman–Crippen LogP) is 14.1. The number of hydrogen-bond acceptors (Lipinski definition) is 6. The Morgan fingerprint density at radius 1 is 0.526 bits per heavy atom. The van der Waals surface area contributed by atoms with E-state index in [-0.39, 0.29) is 11.8 Å². The Labute approximate surface area is 336 Å². The lowest BCUT2D eigenvalue weighted by atomic mass is 9.76. The van der Waals surface area contributed by atoms with Crippen LogP contribution in [-0.2, 0) is 0 Å². The molecule has 1 aliphatic carbocycles. The molecule has 2 unspecified atom stereocenters. The second kappa shape index (κ2) is 13.0. The van der Waals surface area contributed by atoms with Gasteiger partial charge in [-0.05, 0) is 63.6 Å². The molecule has 0 saturated carbocycles. The zero-order chi connectivity index (χ0) is 37.5. The standard InChI is InChI=1S/C51H31N3OS2/c1-3-13-30(14-4-1)49-52-50(31-15-5-2-6-16-31)54-51(53-49)39-21-11-20-36-35-26-25-32(28-41(35)55-48(36)39)40-27-33(29-45-47(40)38-18-8-10-23-43(38)57-45)34-19-12-24-44-46(34)37-17-7-9-22-42(37)56-44/h1-29,40,47H. The van der Waals surface area contributed by atoms with Crippen molar-refractivity contribution in [3.05, 3.63) is 198 Å². The Morgan fingerprint density at radius 2 is 1.19 bits per heavy atom. The van der Waals surface area contributed by atoms with Crippen molar-refractivity contribution in [3.8, 4) is 34.2 Å². The van der Waals surface area contributed by atoms with E-state index in [0.717, 1.165) is 38.6 Å². The molecule has 0 spiro atoms. The summed E-state index contributed by atoms with van der Waals surface area (Å²) in [7, 11) is 0. The molecule has 12 rings (SSSR count). The maximum atomic E-state index is 6.91. The topological polar surface area (TPSA) is 51.8 Å². The molecule has 2 atom stereocenters. The number of rotatable bonds is 5. The van der Waals surface area contributed by atoms with Crippen LogP contribution < -0.4 is 0 Å². The maximum Gasteiger partial charge on any atom is 0.167 e. The lowest BCUT2D eigenvalue weighted by Crippen LogP contribution is -2.12. The van der Waals surface area contributed by atoms with Crippen LogP contribution in [0.3, 0.4) is 0 Å². The van der Waals surface area contributed by atoms with Gasteiger partial charge in [0.15, 0.2) is 17.5 Å². The van der Waals surface area contributed by atoms with E-state index in [1.807, 2.05) is 83.8 Å². The highest BCUT2D eigenvalue weighted by atomic mass is 32.2. The second-order valence-corrected chi connectivity index (χ2v) is 16.9. The monoisotopic (exact) mass is 765 g/mol. The average molecular weight is 766 g/mol. The van der Waals surface area contributed by atoms with Gasteiger partial charge in [0.05, 0.1) is 5.56 Å². The first-order chi connectivity index (χ1) is 28.2. The Bertz CT molecular complexity index is 3230. The maximum absolute atomic E-state index is 6.91. The van der Waals surface area contributed by atoms with Gasteiger partial charge in [0, 0.05) is 58.8 Å². The van der Waals surface area contributed by atoms with Crippen LogP contribution >= 0.6 is 23.1 Å². The summed E-state index contributed by atoms with van der Waals surface area (Å²) in [6.07, 6.45) is 4.95. The molecule has 57 heavy (non-hydrogen) atoms. The predicted molar refractivity (Wildman–Crippen MR) is 237 cm³/mol. The normalized spacial score (nSPS) is 16.2. The van der Waals surface area contributed by atoms with Gasteiger partial charge in [-0.15, -0.1) is 11.3 Å². The summed E-state index contributed by atoms with van der Waals surface area (Å²) in [5, 5.41) is 4.76. The molecule has 3 aromatic heterocycles. The summed E-state index contributed by atoms with van der Waals surface area (Å²) in [5.41, 5.74) is 9.50. The smallest absolute Gasteiger partial charge is 0.167 e. The van der Waals surface area contributed by atoms with Crippen molar-refractivity contribution in [1.29, 1.82) is 0 Å². The second-order valence-electron chi connectivity index (χ2n) is 14.7. The highest BCUT2D eigenvalue weighted by molar-refractivity contribution is 8.03. The molecule has 6 heteroatoms. The number of hydrogen-bond donors (Lipinski definition) is 0. The number of nitrogens with zero attached hydrogens (tertiary/aromatic N) is 3. The van der Waals surface area contributed by atoms with Crippen molar-refractivity contribution >= 4 is 70.8 Å². The number of para-hydroxylation sites is 1. The summed E-state index contributed by atoms with van der Waals surface area (Å²) in [4.78, 5) is 17.7. The van der Waals surface area contributed by atoms with Crippen molar-refractivity contribution < 1.29 is 4.42 Å². The van der Waals surface area contributed by atoms with Crippen molar-refractivity contribution in [1.82, 2.24) is 15.0 Å². The van der Waals surface area contributed by atoms with Gasteiger partial charge >= 0.3 is 0 Å². The van der Waals surface area contributed by atoms with E-state index < -0.39 is 0 Å². The van der Waals surface area contributed by atoms with Crippen LogP contribution in [-0.4, -0.2) is 15.0 Å². The number of thiophene rings is 1. The van der Waals surface area contributed by atoms with E-state index in [0.29, 0.717) is 17.5 Å². The molecule has 0 amide bonds. The first kappa shape index (κ1) is 32.6. The van der Waals surface area contributed by atoms with Gasteiger partial charge in [0.25, 0.3) is 0 Å². The van der Waals surface area contributed by atoms with Gasteiger partial charge in [-0.25, -0.2) is 15.0 Å². The van der Waals surface area contributed by atoms with Crippen LogP contribution in [0.2, 0.25) is 0 Å². The zero-order valence-electron chi connectivity index (χ0n) is 30.5. The van der Waals surface area contributed by atoms with Crippen LogP contribution in [0, 0.1) is 0 Å². The van der Waals surface area contributed by atoms with Crippen molar-refractivity contribution in [2.24, 2.45) is 0 Å². The Morgan fingerprint density at radius 3 is 2.02 bits per heavy atom. The summed E-state index contributed by atoms with van der Waals surface area (Å²) in [5.74, 6) is 2.17. The molecule has 0 N–H and O–H groups in total. The van der Waals surface area contributed by atoms with Gasteiger partial charge in [-0.3, -0.25) is 0 Å². The minimum Gasteiger partial charge on any atom is -0.455 e. The minimum atomic E-state index is 0.110. The van der Waals surface area contributed by atoms with E-state index in [9.17, 15) is 0 Å². The van der Waals surface area contributed by atoms with E-state index in [1.54, 1.807) is 0 Å². The Kier molecular flexibility index (Phi) is 7.43. The SMILES string of the molecule is C1=C(c2cccc3sc4ccccc4c23)C=C2Sc3ccccc3C2C1c1ccc2c(c1)oc1c(-c3nc(-c4ccccc4)nc(-c4ccccc4)n3)cccc12. The first-order valence-corrected chi connectivity index (χ1v) is 20.8. The molecule has 2 aliphatic rings. The number of furan rings is 1. The molecule has 268 valence electrons. The number of allylic oxidation sites excluding steroid dienone is 4. The van der Waals surface area contributed by atoms with Crippen molar-refractivity contribution in [2.75, 3.05) is 0 Å². The zero-order valence-corrected chi connectivity index (χ0v) is 32.1. The summed E-state index contributed by atoms with van der Waals surface area (Å²) < 4.78 is 9.55. The molecule has 0 bridgehead atoms. The lowest BCUT2D eigenvalue weighted by molar-refractivity contribution is 0.665. The van der Waals surface area contributed by atoms with Gasteiger partial charge in [-0.1, -0.05) is 151 Å². The molecule has 1 aliphatic heterocycles. The van der Waals surface area contributed by atoms with E-state index >= 15 is 0 Å². The lowest BCUT2D eigenvalue weighted by Gasteiger charge is -2.28. The third kappa shape index (κ3) is 5.32. The third-order valence-corrected chi connectivity index (χ3v) is 13.7. The van der Waals surface area contributed by atoms with Crippen molar-refractivity contribution in [2.45, 2.75) is 16.7 Å². The number of benzene rings is 7. The van der Waals surface area contributed by atoms with Gasteiger partial charge < -0.3 is 4.42 Å². The fourth-order valence-electron chi connectivity index (χ4n) is 8.75.